The first kappa shape index (κ1) is 9.39. The molecule has 2 fully saturated rings. The summed E-state index contributed by atoms with van der Waals surface area (Å²) in [6.07, 6.45) is 1.46. The minimum Gasteiger partial charge on any atom is -0.390 e. The van der Waals surface area contributed by atoms with Gasteiger partial charge in [0, 0.05) is 26.2 Å². The molecule has 13 heavy (non-hydrogen) atoms. The quantitative estimate of drug-likeness (QED) is 0.644. The monoisotopic (exact) mass is 206 g/mol. The second-order valence-corrected chi connectivity index (χ2v) is 5.71. The zero-order chi connectivity index (χ0) is 9.64. The highest BCUT2D eigenvalue weighted by Gasteiger charge is 2.42. The van der Waals surface area contributed by atoms with Crippen molar-refractivity contribution in [2.45, 2.75) is 25.0 Å². The number of rotatable bonds is 3. The fourth-order valence-corrected chi connectivity index (χ4v) is 3.09. The van der Waals surface area contributed by atoms with E-state index in [9.17, 15) is 8.42 Å². The highest BCUT2D eigenvalue weighted by atomic mass is 32.2. The lowest BCUT2D eigenvalue weighted by molar-refractivity contribution is 0.0510. The summed E-state index contributed by atoms with van der Waals surface area (Å²) in [5, 5.41) is 8.99. The fourth-order valence-electron chi connectivity index (χ4n) is 1.41. The van der Waals surface area contributed by atoms with Crippen molar-refractivity contribution in [3.05, 3.63) is 0 Å². The predicted octanol–water partition coefficient (Wildman–Crippen LogP) is -0.998. The van der Waals surface area contributed by atoms with Crippen LogP contribution < -0.4 is 0 Å². The number of β-amino-alcohol motifs (C(OH)–C–C–N with tert-alkyl or cyclic N) is 1. The highest BCUT2D eigenvalue weighted by molar-refractivity contribution is 7.86. The van der Waals surface area contributed by atoms with Crippen molar-refractivity contribution in [3.63, 3.8) is 0 Å². The molecule has 2 aliphatic rings. The maximum atomic E-state index is 11.7. The van der Waals surface area contributed by atoms with E-state index in [1.54, 1.807) is 7.05 Å². The molecule has 1 N–H and O–H groups in total. The molecule has 0 atom stereocenters. The molecular weight excluding hydrogens is 192 g/mol. The summed E-state index contributed by atoms with van der Waals surface area (Å²) in [6.45, 7) is 0.499. The Kier molecular flexibility index (Phi) is 2.10. The van der Waals surface area contributed by atoms with Gasteiger partial charge < -0.3 is 5.11 Å². The molecule has 1 aliphatic carbocycles. The Labute approximate surface area is 78.1 Å². The Morgan fingerprint density at radius 1 is 1.38 bits per heavy atom. The maximum absolute atomic E-state index is 11.7. The minimum atomic E-state index is -3.27. The smallest absolute Gasteiger partial charge is 0.282 e. The summed E-state index contributed by atoms with van der Waals surface area (Å²) in [7, 11) is -1.66. The molecule has 0 unspecified atom stereocenters. The van der Waals surface area contributed by atoms with E-state index in [0.717, 1.165) is 12.8 Å². The van der Waals surface area contributed by atoms with E-state index in [-0.39, 0.29) is 19.1 Å². The van der Waals surface area contributed by atoms with Gasteiger partial charge in [0.1, 0.15) is 0 Å². The summed E-state index contributed by atoms with van der Waals surface area (Å²) in [6, 6.07) is 0.197. The molecule has 0 aromatic heterocycles. The van der Waals surface area contributed by atoms with Crippen molar-refractivity contribution in [2.24, 2.45) is 0 Å². The van der Waals surface area contributed by atoms with Crippen LogP contribution in [0, 0.1) is 0 Å². The number of hydrogen-bond acceptors (Lipinski definition) is 3. The van der Waals surface area contributed by atoms with E-state index in [4.69, 9.17) is 5.11 Å². The van der Waals surface area contributed by atoms with E-state index in [1.165, 1.54) is 8.61 Å². The van der Waals surface area contributed by atoms with Crippen LogP contribution in [-0.2, 0) is 10.2 Å². The topological polar surface area (TPSA) is 60.9 Å². The molecule has 1 heterocycles. The van der Waals surface area contributed by atoms with Crippen molar-refractivity contribution >= 4 is 10.2 Å². The van der Waals surface area contributed by atoms with E-state index >= 15 is 0 Å². The molecule has 0 amide bonds. The SMILES string of the molecule is CN(C1CC1)S(=O)(=O)N1CC(O)C1. The molecule has 1 saturated heterocycles. The first-order valence-electron chi connectivity index (χ1n) is 4.43. The Hall–Kier alpha value is -0.170. The van der Waals surface area contributed by atoms with Gasteiger partial charge in [-0.05, 0) is 12.8 Å². The van der Waals surface area contributed by atoms with Crippen molar-refractivity contribution in [3.8, 4) is 0 Å². The van der Waals surface area contributed by atoms with Crippen LogP contribution in [0.2, 0.25) is 0 Å². The van der Waals surface area contributed by atoms with Crippen LogP contribution >= 0.6 is 0 Å². The predicted molar refractivity (Wildman–Crippen MR) is 47.3 cm³/mol. The average molecular weight is 206 g/mol. The normalized spacial score (nSPS) is 26.4. The van der Waals surface area contributed by atoms with Crippen molar-refractivity contribution in [2.75, 3.05) is 20.1 Å². The zero-order valence-electron chi connectivity index (χ0n) is 7.55. The number of hydrogen-bond donors (Lipinski definition) is 1. The fraction of sp³-hybridized carbons (Fsp3) is 1.00. The molecule has 0 aromatic rings. The first-order valence-corrected chi connectivity index (χ1v) is 5.82. The van der Waals surface area contributed by atoms with Gasteiger partial charge in [0.2, 0.25) is 0 Å². The Morgan fingerprint density at radius 2 is 1.92 bits per heavy atom. The Morgan fingerprint density at radius 3 is 2.31 bits per heavy atom. The third-order valence-electron chi connectivity index (χ3n) is 2.58. The Bertz CT molecular complexity index is 293. The van der Waals surface area contributed by atoms with Crippen LogP contribution in [0.5, 0.6) is 0 Å². The van der Waals surface area contributed by atoms with E-state index in [1.807, 2.05) is 0 Å². The third-order valence-corrected chi connectivity index (χ3v) is 4.56. The summed E-state index contributed by atoms with van der Waals surface area (Å²) in [5.74, 6) is 0. The first-order chi connectivity index (χ1) is 6.01. The maximum Gasteiger partial charge on any atom is 0.282 e. The molecule has 0 spiro atoms. The van der Waals surface area contributed by atoms with E-state index in [2.05, 4.69) is 0 Å². The molecule has 6 heteroatoms. The highest BCUT2D eigenvalue weighted by Crippen LogP contribution is 2.30. The summed E-state index contributed by atoms with van der Waals surface area (Å²) in [5.41, 5.74) is 0. The van der Waals surface area contributed by atoms with Gasteiger partial charge in [-0.2, -0.15) is 17.0 Å². The van der Waals surface area contributed by atoms with Crippen LogP contribution in [0.4, 0.5) is 0 Å². The lowest BCUT2D eigenvalue weighted by Crippen LogP contribution is -2.57. The van der Waals surface area contributed by atoms with Gasteiger partial charge in [-0.15, -0.1) is 0 Å². The van der Waals surface area contributed by atoms with Gasteiger partial charge in [-0.25, -0.2) is 0 Å². The second kappa shape index (κ2) is 2.91. The van der Waals surface area contributed by atoms with E-state index < -0.39 is 16.3 Å². The lowest BCUT2D eigenvalue weighted by atomic mass is 10.2. The molecule has 5 nitrogen and oxygen atoms in total. The van der Waals surface area contributed by atoms with Crippen LogP contribution in [0.3, 0.4) is 0 Å². The number of aliphatic hydroxyl groups excluding tert-OH is 1. The van der Waals surface area contributed by atoms with Crippen molar-refractivity contribution in [1.82, 2.24) is 8.61 Å². The van der Waals surface area contributed by atoms with Gasteiger partial charge in [0.25, 0.3) is 10.2 Å². The molecular formula is C7H14N2O3S. The van der Waals surface area contributed by atoms with Gasteiger partial charge >= 0.3 is 0 Å². The largest absolute Gasteiger partial charge is 0.390 e. The third kappa shape index (κ3) is 1.59. The van der Waals surface area contributed by atoms with Crippen LogP contribution in [0.1, 0.15) is 12.8 Å². The zero-order valence-corrected chi connectivity index (χ0v) is 8.37. The molecule has 0 radical (unpaired) electrons. The standard InChI is InChI=1S/C7H14N2O3S/c1-8(6-2-3-6)13(11,12)9-4-7(10)5-9/h6-7,10H,2-5H2,1H3. The molecule has 1 saturated carbocycles. The van der Waals surface area contributed by atoms with Crippen LogP contribution in [-0.4, -0.2) is 54.4 Å². The molecule has 0 bridgehead atoms. The van der Waals surface area contributed by atoms with Crippen molar-refractivity contribution < 1.29 is 13.5 Å². The molecule has 0 aromatic carbocycles. The second-order valence-electron chi connectivity index (χ2n) is 3.73. The number of aliphatic hydroxyl groups is 1. The van der Waals surface area contributed by atoms with E-state index in [0.29, 0.717) is 0 Å². The Balaban J connectivity index is 2.02. The molecule has 1 aliphatic heterocycles. The summed E-state index contributed by atoms with van der Waals surface area (Å²) < 4.78 is 26.1. The average Bonchev–Trinajstić information content (AvgIpc) is 2.79. The van der Waals surface area contributed by atoms with Gasteiger partial charge in [0.15, 0.2) is 0 Å². The number of nitrogens with zero attached hydrogens (tertiary/aromatic N) is 2. The van der Waals surface area contributed by atoms with Gasteiger partial charge in [0.05, 0.1) is 6.10 Å². The molecule has 76 valence electrons. The summed E-state index contributed by atoms with van der Waals surface area (Å²) >= 11 is 0. The van der Waals surface area contributed by atoms with Crippen LogP contribution in [0.25, 0.3) is 0 Å². The molecule has 2 rings (SSSR count). The van der Waals surface area contributed by atoms with Gasteiger partial charge in [-0.1, -0.05) is 0 Å². The lowest BCUT2D eigenvalue weighted by Gasteiger charge is -2.37. The van der Waals surface area contributed by atoms with Crippen molar-refractivity contribution in [1.29, 1.82) is 0 Å². The summed E-state index contributed by atoms with van der Waals surface area (Å²) in [4.78, 5) is 0. The van der Waals surface area contributed by atoms with Crippen LogP contribution in [0.15, 0.2) is 0 Å². The van der Waals surface area contributed by atoms with Gasteiger partial charge in [-0.3, -0.25) is 0 Å². The minimum absolute atomic E-state index is 0.197.